The number of hydrogen-bond acceptors (Lipinski definition) is 5. The first kappa shape index (κ1) is 25.3. The molecular weight excluding hydrogens is 501 g/mol. The molecule has 3 aromatic rings. The Kier molecular flexibility index (Phi) is 7.25. The molecule has 0 N–H and O–H groups in total. The fourth-order valence-corrected chi connectivity index (χ4v) is 4.86. The average Bonchev–Trinajstić information content (AvgIpc) is 3.29. The standard InChI is InChI=1S/C24H22ClF3N4O2S/c1-30(2)8-3-9-31-22(33)21(35-23(31)34)11-15-4-7-20-17(10-15)13-29-32(20)14-16-5-6-18(25)12-19(16)24(26,27)28/h4-7,10-13H,3,8-9,14H2,1-2H3/b21-11-. The van der Waals surface area contributed by atoms with E-state index in [0.717, 1.165) is 24.4 Å². The summed E-state index contributed by atoms with van der Waals surface area (Å²) in [5.74, 6) is -0.322. The molecule has 0 saturated carbocycles. The van der Waals surface area contributed by atoms with Crippen LogP contribution in [0.25, 0.3) is 17.0 Å². The molecule has 0 radical (unpaired) electrons. The lowest BCUT2D eigenvalue weighted by atomic mass is 10.1. The third kappa shape index (κ3) is 5.71. The van der Waals surface area contributed by atoms with Crippen LogP contribution in [0.5, 0.6) is 0 Å². The summed E-state index contributed by atoms with van der Waals surface area (Å²) in [6, 6.07) is 8.94. The zero-order valence-electron chi connectivity index (χ0n) is 19.0. The maximum Gasteiger partial charge on any atom is 0.416 e. The number of benzene rings is 2. The van der Waals surface area contributed by atoms with Crippen LogP contribution in [0.15, 0.2) is 47.5 Å². The van der Waals surface area contributed by atoms with E-state index >= 15 is 0 Å². The number of amides is 2. The monoisotopic (exact) mass is 522 g/mol. The Bertz CT molecular complexity index is 1320. The quantitative estimate of drug-likeness (QED) is 0.370. The number of aromatic nitrogens is 2. The highest BCUT2D eigenvalue weighted by molar-refractivity contribution is 8.18. The van der Waals surface area contributed by atoms with E-state index in [0.29, 0.717) is 34.3 Å². The van der Waals surface area contributed by atoms with Gasteiger partial charge in [0.25, 0.3) is 11.1 Å². The molecule has 0 bridgehead atoms. The van der Waals surface area contributed by atoms with Crippen LogP contribution < -0.4 is 0 Å². The van der Waals surface area contributed by atoms with Crippen LogP contribution in [0, 0.1) is 0 Å². The number of nitrogens with zero attached hydrogens (tertiary/aromatic N) is 4. The van der Waals surface area contributed by atoms with E-state index in [9.17, 15) is 22.8 Å². The van der Waals surface area contributed by atoms with E-state index in [4.69, 9.17) is 11.6 Å². The highest BCUT2D eigenvalue weighted by atomic mass is 35.5. The van der Waals surface area contributed by atoms with E-state index in [1.54, 1.807) is 30.5 Å². The van der Waals surface area contributed by atoms with Crippen molar-refractivity contribution in [2.45, 2.75) is 19.1 Å². The topological polar surface area (TPSA) is 58.4 Å². The number of imide groups is 1. The number of carbonyl (C=O) groups excluding carboxylic acids is 2. The van der Waals surface area contributed by atoms with Crippen molar-refractivity contribution < 1.29 is 22.8 Å². The van der Waals surface area contributed by atoms with Crippen LogP contribution in [-0.2, 0) is 17.5 Å². The fraction of sp³-hybridized carbons (Fsp3) is 0.292. The molecule has 0 aliphatic carbocycles. The maximum atomic E-state index is 13.5. The number of carbonyl (C=O) groups is 2. The van der Waals surface area contributed by atoms with Crippen LogP contribution in [0.3, 0.4) is 0 Å². The molecule has 1 aliphatic rings. The van der Waals surface area contributed by atoms with Crippen molar-refractivity contribution in [2.24, 2.45) is 0 Å². The normalized spacial score (nSPS) is 15.9. The Morgan fingerprint density at radius 3 is 2.63 bits per heavy atom. The van der Waals surface area contributed by atoms with Crippen molar-refractivity contribution in [2.75, 3.05) is 27.2 Å². The van der Waals surface area contributed by atoms with Gasteiger partial charge < -0.3 is 4.90 Å². The maximum absolute atomic E-state index is 13.5. The van der Waals surface area contributed by atoms with Crippen LogP contribution in [-0.4, -0.2) is 57.9 Å². The van der Waals surface area contributed by atoms with Gasteiger partial charge in [-0.05, 0) is 80.3 Å². The lowest BCUT2D eigenvalue weighted by Gasteiger charge is -2.14. The van der Waals surface area contributed by atoms with E-state index < -0.39 is 11.7 Å². The first-order chi connectivity index (χ1) is 16.5. The third-order valence-electron chi connectivity index (χ3n) is 5.52. The molecular formula is C24H22ClF3N4O2S. The van der Waals surface area contributed by atoms with E-state index in [1.165, 1.54) is 21.7 Å². The summed E-state index contributed by atoms with van der Waals surface area (Å²) in [5.41, 5.74) is 0.589. The molecule has 11 heteroatoms. The summed E-state index contributed by atoms with van der Waals surface area (Å²) in [4.78, 5) is 28.5. The first-order valence-corrected chi connectivity index (χ1v) is 11.9. The van der Waals surface area contributed by atoms with Gasteiger partial charge >= 0.3 is 6.18 Å². The Morgan fingerprint density at radius 1 is 1.14 bits per heavy atom. The molecule has 1 fully saturated rings. The van der Waals surface area contributed by atoms with Crippen molar-refractivity contribution in [3.05, 3.63) is 69.2 Å². The molecule has 0 atom stereocenters. The van der Waals surface area contributed by atoms with Gasteiger partial charge in [0, 0.05) is 17.0 Å². The smallest absolute Gasteiger partial charge is 0.309 e. The molecule has 0 unspecified atom stereocenters. The summed E-state index contributed by atoms with van der Waals surface area (Å²) in [5, 5.41) is 4.67. The van der Waals surface area contributed by atoms with Gasteiger partial charge in [0.1, 0.15) is 0 Å². The molecule has 1 aromatic heterocycles. The number of halogens is 4. The molecule has 1 aliphatic heterocycles. The minimum Gasteiger partial charge on any atom is -0.309 e. The molecule has 184 valence electrons. The van der Waals surface area contributed by atoms with Gasteiger partial charge in [-0.25, -0.2) is 0 Å². The second-order valence-electron chi connectivity index (χ2n) is 8.41. The van der Waals surface area contributed by atoms with Gasteiger partial charge in [0.05, 0.1) is 28.7 Å². The minimum absolute atomic E-state index is 0.0122. The number of fused-ring (bicyclic) bond motifs is 1. The summed E-state index contributed by atoms with van der Waals surface area (Å²) < 4.78 is 41.8. The SMILES string of the molecule is CN(C)CCCN1C(=O)S/C(=C\c2ccc3c(cnn3Cc3ccc(Cl)cc3C(F)(F)F)c2)C1=O. The van der Waals surface area contributed by atoms with Gasteiger partial charge in [-0.2, -0.15) is 18.3 Å². The first-order valence-electron chi connectivity index (χ1n) is 10.7. The predicted molar refractivity (Wildman–Crippen MR) is 131 cm³/mol. The van der Waals surface area contributed by atoms with Crippen molar-refractivity contribution in [1.82, 2.24) is 19.6 Å². The zero-order valence-corrected chi connectivity index (χ0v) is 20.5. The average molecular weight is 523 g/mol. The summed E-state index contributed by atoms with van der Waals surface area (Å²) in [6.07, 6.45) is -0.642. The lowest BCUT2D eigenvalue weighted by molar-refractivity contribution is -0.138. The molecule has 2 amide bonds. The molecule has 6 nitrogen and oxygen atoms in total. The predicted octanol–water partition coefficient (Wildman–Crippen LogP) is 5.74. The molecule has 4 rings (SSSR count). The van der Waals surface area contributed by atoms with Crippen molar-refractivity contribution >= 4 is 51.5 Å². The van der Waals surface area contributed by atoms with Crippen LogP contribution in [0.1, 0.15) is 23.1 Å². The Morgan fingerprint density at radius 2 is 1.91 bits per heavy atom. The second kappa shape index (κ2) is 10.0. The van der Waals surface area contributed by atoms with Crippen molar-refractivity contribution in [3.63, 3.8) is 0 Å². The molecule has 1 saturated heterocycles. The summed E-state index contributed by atoms with van der Waals surface area (Å²) in [6.45, 7) is 1.04. The van der Waals surface area contributed by atoms with Gasteiger partial charge in [-0.3, -0.25) is 19.2 Å². The van der Waals surface area contributed by atoms with Crippen molar-refractivity contribution in [3.8, 4) is 0 Å². The summed E-state index contributed by atoms with van der Waals surface area (Å²) >= 11 is 6.67. The zero-order chi connectivity index (χ0) is 25.3. The number of alkyl halides is 3. The van der Waals surface area contributed by atoms with Gasteiger partial charge in [0.15, 0.2) is 0 Å². The lowest BCUT2D eigenvalue weighted by Crippen LogP contribution is -2.31. The van der Waals surface area contributed by atoms with Crippen LogP contribution >= 0.6 is 23.4 Å². The van der Waals surface area contributed by atoms with Gasteiger partial charge in [0.2, 0.25) is 0 Å². The molecule has 2 heterocycles. The Hall–Kier alpha value is -2.82. The third-order valence-corrected chi connectivity index (χ3v) is 6.66. The molecule has 2 aromatic carbocycles. The largest absolute Gasteiger partial charge is 0.416 e. The van der Waals surface area contributed by atoms with Crippen LogP contribution in [0.2, 0.25) is 5.02 Å². The van der Waals surface area contributed by atoms with Gasteiger partial charge in [-0.1, -0.05) is 23.7 Å². The van der Waals surface area contributed by atoms with Gasteiger partial charge in [-0.15, -0.1) is 0 Å². The van der Waals surface area contributed by atoms with E-state index in [-0.39, 0.29) is 28.3 Å². The Labute approximate surface area is 209 Å². The number of rotatable bonds is 7. The van der Waals surface area contributed by atoms with Crippen molar-refractivity contribution in [1.29, 1.82) is 0 Å². The molecule has 35 heavy (non-hydrogen) atoms. The highest BCUT2D eigenvalue weighted by Crippen LogP contribution is 2.35. The summed E-state index contributed by atoms with van der Waals surface area (Å²) in [7, 11) is 3.85. The minimum atomic E-state index is -4.54. The number of thioether (sulfide) groups is 1. The number of hydrogen-bond donors (Lipinski definition) is 0. The van der Waals surface area contributed by atoms with E-state index in [1.807, 2.05) is 19.0 Å². The van der Waals surface area contributed by atoms with E-state index in [2.05, 4.69) is 5.10 Å². The second-order valence-corrected chi connectivity index (χ2v) is 9.84. The Balaban J connectivity index is 1.55. The molecule has 0 spiro atoms. The fourth-order valence-electron chi connectivity index (χ4n) is 3.82. The van der Waals surface area contributed by atoms with Crippen LogP contribution in [0.4, 0.5) is 18.0 Å². The highest BCUT2D eigenvalue weighted by Gasteiger charge is 2.35.